The average molecular weight is 160 g/mol. The second-order valence-electron chi connectivity index (χ2n) is 3.89. The highest BCUT2D eigenvalue weighted by molar-refractivity contribution is 6.33. The Kier molecular flexibility index (Phi) is 2.96. The van der Waals surface area contributed by atoms with Crippen LogP contribution in [0.4, 0.5) is 0 Å². The van der Waals surface area contributed by atoms with Crippen LogP contribution < -0.4 is 5.46 Å². The van der Waals surface area contributed by atoms with Crippen molar-refractivity contribution in [2.24, 2.45) is 5.92 Å². The van der Waals surface area contributed by atoms with Gasteiger partial charge in [0.15, 0.2) is 0 Å². The summed E-state index contributed by atoms with van der Waals surface area (Å²) in [7, 11) is 2.19. The maximum absolute atomic E-state index is 2.30. The summed E-state index contributed by atoms with van der Waals surface area (Å²) in [5, 5.41) is 0. The summed E-state index contributed by atoms with van der Waals surface area (Å²) in [6.45, 7) is 6.85. The number of hydrogen-bond donors (Lipinski definition) is 0. The number of benzene rings is 1. The molecule has 0 aromatic heterocycles. The molecule has 1 rings (SSSR count). The summed E-state index contributed by atoms with van der Waals surface area (Å²) >= 11 is 0. The minimum atomic E-state index is 0.672. The molecule has 0 aliphatic carbocycles. The van der Waals surface area contributed by atoms with Gasteiger partial charge in [-0.25, -0.2) is 0 Å². The molecule has 1 atom stereocenters. The van der Waals surface area contributed by atoms with Crippen molar-refractivity contribution in [3.8, 4) is 0 Å². The Balaban J connectivity index is 2.94. The minimum Gasteiger partial charge on any atom is -0.0855 e. The van der Waals surface area contributed by atoms with Crippen molar-refractivity contribution in [3.63, 3.8) is 0 Å². The van der Waals surface area contributed by atoms with E-state index in [4.69, 9.17) is 0 Å². The van der Waals surface area contributed by atoms with Crippen LogP contribution in [0.3, 0.4) is 0 Å². The summed E-state index contributed by atoms with van der Waals surface area (Å²) in [4.78, 5) is 0. The Hall–Kier alpha value is -0.715. The SMILES string of the molecule is Bc1ccccc1C(C)C(C)C. The molecule has 0 saturated carbocycles. The Morgan fingerprint density at radius 3 is 2.17 bits per heavy atom. The molecule has 0 N–H and O–H groups in total. The van der Waals surface area contributed by atoms with Crippen molar-refractivity contribution >= 4 is 13.3 Å². The highest BCUT2D eigenvalue weighted by Crippen LogP contribution is 2.21. The monoisotopic (exact) mass is 160 g/mol. The van der Waals surface area contributed by atoms with Gasteiger partial charge in [-0.3, -0.25) is 0 Å². The fraction of sp³-hybridized carbons (Fsp3) is 0.455. The van der Waals surface area contributed by atoms with Crippen LogP contribution in [0.2, 0.25) is 0 Å². The molecule has 0 saturated heterocycles. The molecule has 64 valence electrons. The van der Waals surface area contributed by atoms with Gasteiger partial charge in [-0.1, -0.05) is 56.1 Å². The maximum atomic E-state index is 2.30. The van der Waals surface area contributed by atoms with Gasteiger partial charge in [-0.2, -0.15) is 0 Å². The summed E-state index contributed by atoms with van der Waals surface area (Å²) < 4.78 is 0. The smallest absolute Gasteiger partial charge is 0.0855 e. The van der Waals surface area contributed by atoms with Crippen LogP contribution in [0.5, 0.6) is 0 Å². The maximum Gasteiger partial charge on any atom is 0.139 e. The molecule has 1 unspecified atom stereocenters. The van der Waals surface area contributed by atoms with Crippen LogP contribution in [0.25, 0.3) is 0 Å². The highest BCUT2D eigenvalue weighted by atomic mass is 14.1. The molecule has 0 radical (unpaired) electrons. The highest BCUT2D eigenvalue weighted by Gasteiger charge is 2.10. The van der Waals surface area contributed by atoms with Gasteiger partial charge in [0.2, 0.25) is 0 Å². The van der Waals surface area contributed by atoms with Crippen LogP contribution in [-0.4, -0.2) is 7.85 Å². The minimum absolute atomic E-state index is 0.672. The molecular formula is C11H17B. The summed E-state index contributed by atoms with van der Waals surface area (Å²) in [5.74, 6) is 1.40. The first-order valence-corrected chi connectivity index (χ1v) is 4.68. The van der Waals surface area contributed by atoms with Gasteiger partial charge in [-0.05, 0) is 11.8 Å². The molecule has 0 fully saturated rings. The van der Waals surface area contributed by atoms with Crippen molar-refractivity contribution in [2.75, 3.05) is 0 Å². The first-order valence-electron chi connectivity index (χ1n) is 4.68. The quantitative estimate of drug-likeness (QED) is 0.577. The zero-order valence-electron chi connectivity index (χ0n) is 8.46. The molecular weight excluding hydrogens is 143 g/mol. The largest absolute Gasteiger partial charge is 0.139 e. The molecule has 0 aliphatic heterocycles. The third kappa shape index (κ3) is 1.91. The van der Waals surface area contributed by atoms with Crippen molar-refractivity contribution in [2.45, 2.75) is 26.7 Å². The normalized spacial score (nSPS) is 13.3. The fourth-order valence-electron chi connectivity index (χ4n) is 1.46. The molecule has 1 aromatic rings. The van der Waals surface area contributed by atoms with Crippen molar-refractivity contribution < 1.29 is 0 Å². The zero-order valence-corrected chi connectivity index (χ0v) is 8.46. The molecule has 0 aliphatic rings. The van der Waals surface area contributed by atoms with Gasteiger partial charge in [-0.15, -0.1) is 0 Å². The van der Waals surface area contributed by atoms with E-state index in [0.717, 1.165) is 5.92 Å². The molecule has 12 heavy (non-hydrogen) atoms. The van der Waals surface area contributed by atoms with Crippen molar-refractivity contribution in [1.29, 1.82) is 0 Å². The summed E-state index contributed by atoms with van der Waals surface area (Å²) in [6.07, 6.45) is 0. The van der Waals surface area contributed by atoms with Crippen LogP contribution in [-0.2, 0) is 0 Å². The Bertz CT molecular complexity index is 253. The Labute approximate surface area is 76.4 Å². The zero-order chi connectivity index (χ0) is 9.14. The molecule has 1 heteroatoms. The van der Waals surface area contributed by atoms with Gasteiger partial charge >= 0.3 is 0 Å². The van der Waals surface area contributed by atoms with Gasteiger partial charge in [0.05, 0.1) is 0 Å². The lowest BCUT2D eigenvalue weighted by atomic mass is 9.81. The standard InChI is InChI=1S/C11H17B/c1-8(2)9(3)10-6-4-5-7-11(10)12/h4-9H,12H2,1-3H3. The molecule has 0 heterocycles. The molecule has 1 aromatic carbocycles. The van der Waals surface area contributed by atoms with E-state index in [0.29, 0.717) is 5.92 Å². The van der Waals surface area contributed by atoms with E-state index < -0.39 is 0 Å². The van der Waals surface area contributed by atoms with E-state index in [1.54, 1.807) is 0 Å². The second-order valence-corrected chi connectivity index (χ2v) is 3.89. The molecule has 0 spiro atoms. The average Bonchev–Trinajstić information content (AvgIpc) is 2.04. The predicted octanol–water partition coefficient (Wildman–Crippen LogP) is 1.70. The van der Waals surface area contributed by atoms with Gasteiger partial charge in [0.25, 0.3) is 0 Å². The van der Waals surface area contributed by atoms with Gasteiger partial charge in [0.1, 0.15) is 7.85 Å². The molecule has 0 nitrogen and oxygen atoms in total. The lowest BCUT2D eigenvalue weighted by molar-refractivity contribution is 0.537. The number of hydrogen-bond acceptors (Lipinski definition) is 0. The van der Waals surface area contributed by atoms with Crippen LogP contribution in [0, 0.1) is 5.92 Å². The summed E-state index contributed by atoms with van der Waals surface area (Å²) in [6, 6.07) is 8.65. The third-order valence-corrected chi connectivity index (χ3v) is 2.68. The van der Waals surface area contributed by atoms with E-state index in [1.807, 2.05) is 0 Å². The third-order valence-electron chi connectivity index (χ3n) is 2.68. The van der Waals surface area contributed by atoms with Crippen LogP contribution in [0.1, 0.15) is 32.3 Å². The first-order chi connectivity index (χ1) is 5.63. The first kappa shape index (κ1) is 9.37. The number of rotatable bonds is 2. The van der Waals surface area contributed by atoms with Crippen molar-refractivity contribution in [3.05, 3.63) is 29.8 Å². The summed E-state index contributed by atoms with van der Waals surface area (Å²) in [5.41, 5.74) is 2.91. The van der Waals surface area contributed by atoms with Crippen LogP contribution >= 0.6 is 0 Å². The van der Waals surface area contributed by atoms with E-state index >= 15 is 0 Å². The van der Waals surface area contributed by atoms with Crippen LogP contribution in [0.15, 0.2) is 24.3 Å². The Morgan fingerprint density at radius 2 is 1.67 bits per heavy atom. The molecule has 0 bridgehead atoms. The van der Waals surface area contributed by atoms with Gasteiger partial charge < -0.3 is 0 Å². The predicted molar refractivity (Wildman–Crippen MR) is 57.9 cm³/mol. The van der Waals surface area contributed by atoms with Gasteiger partial charge in [0, 0.05) is 0 Å². The lowest BCUT2D eigenvalue weighted by Gasteiger charge is -2.18. The lowest BCUT2D eigenvalue weighted by Crippen LogP contribution is -2.15. The second kappa shape index (κ2) is 3.80. The van der Waals surface area contributed by atoms with E-state index in [9.17, 15) is 0 Å². The van der Waals surface area contributed by atoms with Crippen molar-refractivity contribution in [1.82, 2.24) is 0 Å². The fourth-order valence-corrected chi connectivity index (χ4v) is 1.46. The van der Waals surface area contributed by atoms with E-state index in [2.05, 4.69) is 52.9 Å². The molecule has 0 amide bonds. The topological polar surface area (TPSA) is 0 Å². The Morgan fingerprint density at radius 1 is 1.08 bits per heavy atom. The van der Waals surface area contributed by atoms with E-state index in [1.165, 1.54) is 11.0 Å². The van der Waals surface area contributed by atoms with E-state index in [-0.39, 0.29) is 0 Å².